The summed E-state index contributed by atoms with van der Waals surface area (Å²) in [5.41, 5.74) is 0. The molecule has 0 rings (SSSR count). The van der Waals surface area contributed by atoms with Crippen LogP contribution in [0.1, 0.15) is 34.1 Å². The number of esters is 1. The van der Waals surface area contributed by atoms with Crippen LogP contribution in [0.5, 0.6) is 0 Å². The van der Waals surface area contributed by atoms with Crippen molar-refractivity contribution in [2.75, 3.05) is 6.61 Å². The zero-order chi connectivity index (χ0) is 10.9. The number of aliphatic hydroxyl groups is 1. The maximum atomic E-state index is 12.3. The van der Waals surface area contributed by atoms with Crippen LogP contribution in [0.3, 0.4) is 0 Å². The lowest BCUT2D eigenvalue weighted by atomic mass is 10.3. The minimum absolute atomic E-state index is 0.228. The number of alkyl halides is 1. The molecule has 0 unspecified atom stereocenters. The molecular weight excluding hydrogens is 175 g/mol. The second-order valence-corrected chi connectivity index (χ2v) is 2.52. The van der Waals surface area contributed by atoms with Crippen molar-refractivity contribution in [2.45, 2.75) is 46.4 Å². The molecule has 80 valence electrons. The van der Waals surface area contributed by atoms with Gasteiger partial charge in [-0.25, -0.2) is 4.39 Å². The Morgan fingerprint density at radius 3 is 2.23 bits per heavy atom. The lowest BCUT2D eigenvalue weighted by Crippen LogP contribution is -2.18. The molecule has 13 heavy (non-hydrogen) atoms. The van der Waals surface area contributed by atoms with Gasteiger partial charge in [-0.3, -0.25) is 4.79 Å². The zero-order valence-electron chi connectivity index (χ0n) is 8.71. The Labute approximate surface area is 78.9 Å². The van der Waals surface area contributed by atoms with E-state index >= 15 is 0 Å². The van der Waals surface area contributed by atoms with Crippen molar-refractivity contribution >= 4 is 5.97 Å². The summed E-state index contributed by atoms with van der Waals surface area (Å²) in [6.45, 7) is 6.74. The summed E-state index contributed by atoms with van der Waals surface area (Å²) < 4.78 is 16.9. The Kier molecular flexibility index (Phi) is 10.8. The van der Waals surface area contributed by atoms with Crippen molar-refractivity contribution in [3.05, 3.63) is 0 Å². The molecule has 0 bridgehead atoms. The Hall–Kier alpha value is -0.640. The molecule has 0 aromatic carbocycles. The van der Waals surface area contributed by atoms with Gasteiger partial charge in [0.25, 0.3) is 0 Å². The Morgan fingerprint density at radius 1 is 1.46 bits per heavy atom. The first-order chi connectivity index (χ1) is 6.06. The fraction of sp³-hybridized carbons (Fsp3) is 0.889. The van der Waals surface area contributed by atoms with Gasteiger partial charge in [-0.2, -0.15) is 0 Å². The molecule has 3 nitrogen and oxygen atoms in total. The van der Waals surface area contributed by atoms with Gasteiger partial charge < -0.3 is 9.84 Å². The van der Waals surface area contributed by atoms with Crippen molar-refractivity contribution in [3.8, 4) is 0 Å². The smallest absolute Gasteiger partial charge is 0.309 e. The molecule has 0 saturated carbocycles. The largest absolute Gasteiger partial charge is 0.463 e. The normalized spacial score (nSPS) is 11.6. The van der Waals surface area contributed by atoms with Gasteiger partial charge >= 0.3 is 5.97 Å². The van der Waals surface area contributed by atoms with Crippen LogP contribution in [0.2, 0.25) is 0 Å². The molecule has 0 aromatic rings. The summed E-state index contributed by atoms with van der Waals surface area (Å²) >= 11 is 0. The van der Waals surface area contributed by atoms with E-state index in [9.17, 15) is 9.18 Å². The molecule has 1 atom stereocenters. The molecule has 0 heterocycles. The van der Waals surface area contributed by atoms with Crippen molar-refractivity contribution in [3.63, 3.8) is 0 Å². The van der Waals surface area contributed by atoms with E-state index in [1.54, 1.807) is 13.8 Å². The summed E-state index contributed by atoms with van der Waals surface area (Å²) in [6, 6.07) is 0. The predicted octanol–water partition coefficient (Wildman–Crippen LogP) is 1.68. The molecule has 0 fully saturated rings. The van der Waals surface area contributed by atoms with E-state index in [-0.39, 0.29) is 12.5 Å². The Bertz CT molecular complexity index is 126. The first-order valence-electron chi connectivity index (χ1n) is 4.50. The van der Waals surface area contributed by atoms with Crippen LogP contribution in [0, 0.1) is 0 Å². The van der Waals surface area contributed by atoms with E-state index < -0.39 is 18.7 Å². The van der Waals surface area contributed by atoms with Crippen molar-refractivity contribution in [1.29, 1.82) is 0 Å². The average molecular weight is 194 g/mol. The summed E-state index contributed by atoms with van der Waals surface area (Å²) in [7, 11) is 0. The summed E-state index contributed by atoms with van der Waals surface area (Å²) in [4.78, 5) is 10.6. The second kappa shape index (κ2) is 9.45. The highest BCUT2D eigenvalue weighted by atomic mass is 19.1. The predicted molar refractivity (Wildman–Crippen MR) is 49.2 cm³/mol. The molecule has 0 aliphatic heterocycles. The maximum absolute atomic E-state index is 12.3. The van der Waals surface area contributed by atoms with Gasteiger partial charge in [-0.05, 0) is 13.8 Å². The van der Waals surface area contributed by atoms with Crippen LogP contribution >= 0.6 is 0 Å². The number of carbonyl (C=O) groups excluding carboxylic acids is 1. The van der Waals surface area contributed by atoms with E-state index in [0.717, 1.165) is 0 Å². The third-order valence-electron chi connectivity index (χ3n) is 0.953. The summed E-state index contributed by atoms with van der Waals surface area (Å²) in [5, 5.41) is 8.24. The molecule has 0 amide bonds. The monoisotopic (exact) mass is 194 g/mol. The molecule has 0 saturated heterocycles. The number of hydrogen-bond donors (Lipinski definition) is 1. The number of rotatable bonds is 4. The lowest BCUT2D eigenvalue weighted by molar-refractivity contribution is -0.149. The van der Waals surface area contributed by atoms with Crippen LogP contribution in [0.4, 0.5) is 4.39 Å². The van der Waals surface area contributed by atoms with Crippen LogP contribution in [-0.2, 0) is 9.53 Å². The lowest BCUT2D eigenvalue weighted by Gasteiger charge is -2.08. The van der Waals surface area contributed by atoms with E-state index in [0.29, 0.717) is 0 Å². The van der Waals surface area contributed by atoms with E-state index in [1.807, 2.05) is 13.8 Å². The van der Waals surface area contributed by atoms with E-state index in [4.69, 9.17) is 5.11 Å². The van der Waals surface area contributed by atoms with Crippen LogP contribution in [-0.4, -0.2) is 30.0 Å². The first kappa shape index (κ1) is 14.9. The SMILES string of the molecule is CC.CC(C)OC(=O)C[C@@H](F)CO. The zero-order valence-corrected chi connectivity index (χ0v) is 8.71. The number of aliphatic hydroxyl groups excluding tert-OH is 1. The van der Waals surface area contributed by atoms with Gasteiger partial charge in [0.2, 0.25) is 0 Å². The van der Waals surface area contributed by atoms with Crippen molar-refractivity contribution < 1.29 is 19.0 Å². The molecule has 0 aliphatic rings. The second-order valence-electron chi connectivity index (χ2n) is 2.52. The van der Waals surface area contributed by atoms with Gasteiger partial charge in [-0.15, -0.1) is 0 Å². The molecule has 0 spiro atoms. The van der Waals surface area contributed by atoms with Gasteiger partial charge in [0.15, 0.2) is 0 Å². The van der Waals surface area contributed by atoms with Gasteiger partial charge in [0, 0.05) is 0 Å². The number of hydrogen-bond acceptors (Lipinski definition) is 3. The summed E-state index contributed by atoms with van der Waals surface area (Å²) in [5.74, 6) is -0.610. The van der Waals surface area contributed by atoms with E-state index in [1.165, 1.54) is 0 Å². The standard InChI is InChI=1S/C7H13FO3.C2H6/c1-5(2)11-7(10)3-6(8)4-9;1-2/h5-6,9H,3-4H2,1-2H3;1-2H3/t6-;/m1./s1. The molecule has 0 aliphatic carbocycles. The maximum Gasteiger partial charge on any atom is 0.309 e. The van der Waals surface area contributed by atoms with Gasteiger partial charge in [0.05, 0.1) is 19.1 Å². The average Bonchev–Trinajstić information content (AvgIpc) is 2.06. The number of carbonyl (C=O) groups is 1. The molecule has 0 aromatic heterocycles. The highest BCUT2D eigenvalue weighted by molar-refractivity contribution is 5.70. The topological polar surface area (TPSA) is 46.5 Å². The highest BCUT2D eigenvalue weighted by Crippen LogP contribution is 2.00. The molecular formula is C9H19FO3. The molecule has 1 N–H and O–H groups in total. The van der Waals surface area contributed by atoms with Crippen LogP contribution < -0.4 is 0 Å². The molecule has 0 radical (unpaired) electrons. The third-order valence-corrected chi connectivity index (χ3v) is 0.953. The van der Waals surface area contributed by atoms with Crippen molar-refractivity contribution in [1.82, 2.24) is 0 Å². The fourth-order valence-electron chi connectivity index (χ4n) is 0.556. The van der Waals surface area contributed by atoms with Crippen LogP contribution in [0.25, 0.3) is 0 Å². The minimum atomic E-state index is -1.50. The fourth-order valence-corrected chi connectivity index (χ4v) is 0.556. The highest BCUT2D eigenvalue weighted by Gasteiger charge is 2.13. The first-order valence-corrected chi connectivity index (χ1v) is 4.50. The molecule has 4 heteroatoms. The number of halogens is 1. The Morgan fingerprint density at radius 2 is 1.92 bits per heavy atom. The minimum Gasteiger partial charge on any atom is -0.463 e. The quantitative estimate of drug-likeness (QED) is 0.693. The third kappa shape index (κ3) is 11.4. The van der Waals surface area contributed by atoms with Gasteiger partial charge in [-0.1, -0.05) is 13.8 Å². The summed E-state index contributed by atoms with van der Waals surface area (Å²) in [6.07, 6.45) is -2.09. The number of ether oxygens (including phenoxy) is 1. The van der Waals surface area contributed by atoms with E-state index in [2.05, 4.69) is 4.74 Å². The van der Waals surface area contributed by atoms with Crippen LogP contribution in [0.15, 0.2) is 0 Å². The van der Waals surface area contributed by atoms with Crippen molar-refractivity contribution in [2.24, 2.45) is 0 Å². The Balaban J connectivity index is 0. The van der Waals surface area contributed by atoms with Gasteiger partial charge in [0.1, 0.15) is 6.17 Å².